The van der Waals surface area contributed by atoms with Crippen LogP contribution in [-0.2, 0) is 6.42 Å². The Balaban J connectivity index is 2.15. The molecule has 0 spiro atoms. The fourth-order valence-corrected chi connectivity index (χ4v) is 2.68. The highest BCUT2D eigenvalue weighted by Gasteiger charge is 1.96. The number of halogens is 1. The van der Waals surface area contributed by atoms with Crippen molar-refractivity contribution in [3.8, 4) is 0 Å². The maximum absolute atomic E-state index is 2.39. The first-order chi connectivity index (χ1) is 5.83. The van der Waals surface area contributed by atoms with Crippen LogP contribution >= 0.6 is 33.9 Å². The quantitative estimate of drug-likeness (QED) is 0.555. The highest BCUT2D eigenvalue weighted by Crippen LogP contribution is 2.18. The summed E-state index contributed by atoms with van der Waals surface area (Å²) in [5.41, 5.74) is 1.53. The second-order valence-electron chi connectivity index (χ2n) is 3.07. The van der Waals surface area contributed by atoms with E-state index >= 15 is 0 Å². The van der Waals surface area contributed by atoms with Crippen LogP contribution in [0.3, 0.4) is 0 Å². The minimum Gasteiger partial charge on any atom is -0.137 e. The van der Waals surface area contributed by atoms with E-state index in [-0.39, 0.29) is 0 Å². The third-order valence-electron chi connectivity index (χ3n) is 1.94. The summed E-state index contributed by atoms with van der Waals surface area (Å²) in [6, 6.07) is 2.30. The van der Waals surface area contributed by atoms with Crippen molar-refractivity contribution in [3.05, 3.63) is 19.9 Å². The molecule has 0 nitrogen and oxygen atoms in total. The van der Waals surface area contributed by atoms with Crippen molar-refractivity contribution in [3.63, 3.8) is 0 Å². The smallest absolute Gasteiger partial charge is 0.0656 e. The molecule has 0 saturated carbocycles. The van der Waals surface area contributed by atoms with Gasteiger partial charge in [0.25, 0.3) is 0 Å². The first kappa shape index (κ1) is 10.5. The van der Waals surface area contributed by atoms with Gasteiger partial charge in [0.15, 0.2) is 0 Å². The molecule has 1 rings (SSSR count). The number of thiophene rings is 1. The van der Waals surface area contributed by atoms with Crippen molar-refractivity contribution in [1.29, 1.82) is 0 Å². The van der Waals surface area contributed by atoms with E-state index < -0.39 is 0 Å². The molecule has 0 aliphatic rings. The highest BCUT2D eigenvalue weighted by molar-refractivity contribution is 14.1. The summed E-state index contributed by atoms with van der Waals surface area (Å²) in [6.07, 6.45) is 6.76. The Kier molecular flexibility index (Phi) is 5.23. The van der Waals surface area contributed by atoms with Crippen LogP contribution in [0.2, 0.25) is 0 Å². The van der Waals surface area contributed by atoms with Crippen molar-refractivity contribution in [2.24, 2.45) is 0 Å². The average Bonchev–Trinajstić information content (AvgIpc) is 2.45. The Morgan fingerprint density at radius 3 is 2.75 bits per heavy atom. The lowest BCUT2D eigenvalue weighted by Crippen LogP contribution is -1.81. The van der Waals surface area contributed by atoms with Gasteiger partial charge in [-0.05, 0) is 52.4 Å². The van der Waals surface area contributed by atoms with Crippen molar-refractivity contribution >= 4 is 33.9 Å². The maximum atomic E-state index is 2.39. The predicted molar refractivity (Wildman–Crippen MR) is 64.9 cm³/mol. The Hall–Kier alpha value is 0.430. The Morgan fingerprint density at radius 2 is 2.17 bits per heavy atom. The Morgan fingerprint density at radius 1 is 1.33 bits per heavy atom. The van der Waals surface area contributed by atoms with Crippen LogP contribution < -0.4 is 0 Å². The standard InChI is InChI=1S/C10H15IS/c1-2-3-4-5-6-9-7-10(11)12-8-9/h7-8H,2-6H2,1H3. The molecule has 0 saturated heterocycles. The summed E-state index contributed by atoms with van der Waals surface area (Å²) in [6.45, 7) is 2.26. The van der Waals surface area contributed by atoms with E-state index in [0.29, 0.717) is 0 Å². The largest absolute Gasteiger partial charge is 0.137 e. The Labute approximate surface area is 92.5 Å². The van der Waals surface area contributed by atoms with Crippen LogP contribution in [0.25, 0.3) is 0 Å². The van der Waals surface area contributed by atoms with Gasteiger partial charge >= 0.3 is 0 Å². The molecule has 1 aromatic heterocycles. The number of rotatable bonds is 5. The van der Waals surface area contributed by atoms with Gasteiger partial charge in [-0.3, -0.25) is 0 Å². The van der Waals surface area contributed by atoms with Crippen LogP contribution in [0.5, 0.6) is 0 Å². The molecule has 68 valence electrons. The lowest BCUT2D eigenvalue weighted by Gasteiger charge is -1.96. The maximum Gasteiger partial charge on any atom is 0.0656 e. The molecule has 1 heterocycles. The molecule has 0 amide bonds. The third kappa shape index (κ3) is 3.90. The predicted octanol–water partition coefficient (Wildman–Crippen LogP) is 4.48. The molecule has 12 heavy (non-hydrogen) atoms. The van der Waals surface area contributed by atoms with Crippen LogP contribution in [0.15, 0.2) is 11.4 Å². The first-order valence-corrected chi connectivity index (χ1v) is 6.51. The monoisotopic (exact) mass is 294 g/mol. The summed E-state index contributed by atoms with van der Waals surface area (Å²) in [5, 5.41) is 2.29. The molecule has 0 aromatic carbocycles. The summed E-state index contributed by atoms with van der Waals surface area (Å²) in [5.74, 6) is 0. The lowest BCUT2D eigenvalue weighted by atomic mass is 10.1. The molecule has 0 N–H and O–H groups in total. The molecule has 0 aliphatic carbocycles. The molecule has 0 unspecified atom stereocenters. The normalized spacial score (nSPS) is 10.5. The van der Waals surface area contributed by atoms with E-state index in [0.717, 1.165) is 0 Å². The molecular formula is C10H15IS. The summed E-state index contributed by atoms with van der Waals surface area (Å²) >= 11 is 4.24. The lowest BCUT2D eigenvalue weighted by molar-refractivity contribution is 0.667. The third-order valence-corrected chi connectivity index (χ3v) is 3.78. The Bertz CT molecular complexity index is 217. The fourth-order valence-electron chi connectivity index (χ4n) is 1.23. The second kappa shape index (κ2) is 5.97. The van der Waals surface area contributed by atoms with Crippen LogP contribution in [-0.4, -0.2) is 0 Å². The summed E-state index contributed by atoms with van der Waals surface area (Å²) in [7, 11) is 0. The zero-order valence-electron chi connectivity index (χ0n) is 7.48. The van der Waals surface area contributed by atoms with Gasteiger partial charge in [-0.2, -0.15) is 0 Å². The SMILES string of the molecule is CCCCCCc1csc(I)c1. The van der Waals surface area contributed by atoms with Crippen LogP contribution in [0, 0.1) is 2.88 Å². The number of hydrogen-bond acceptors (Lipinski definition) is 1. The van der Waals surface area contributed by atoms with E-state index in [1.807, 2.05) is 11.3 Å². The van der Waals surface area contributed by atoms with E-state index in [1.54, 1.807) is 0 Å². The number of hydrogen-bond donors (Lipinski definition) is 0. The minimum absolute atomic E-state index is 1.28. The highest BCUT2D eigenvalue weighted by atomic mass is 127. The van der Waals surface area contributed by atoms with E-state index in [9.17, 15) is 0 Å². The van der Waals surface area contributed by atoms with Gasteiger partial charge in [-0.15, -0.1) is 11.3 Å². The van der Waals surface area contributed by atoms with Crippen molar-refractivity contribution < 1.29 is 0 Å². The van der Waals surface area contributed by atoms with Crippen LogP contribution in [0.4, 0.5) is 0 Å². The zero-order valence-corrected chi connectivity index (χ0v) is 10.5. The van der Waals surface area contributed by atoms with Gasteiger partial charge in [-0.25, -0.2) is 0 Å². The molecule has 0 fully saturated rings. The van der Waals surface area contributed by atoms with E-state index in [4.69, 9.17) is 0 Å². The minimum atomic E-state index is 1.28. The fraction of sp³-hybridized carbons (Fsp3) is 0.600. The number of aryl methyl sites for hydroxylation is 1. The first-order valence-electron chi connectivity index (χ1n) is 4.56. The second-order valence-corrected chi connectivity index (χ2v) is 5.88. The topological polar surface area (TPSA) is 0 Å². The number of unbranched alkanes of at least 4 members (excludes halogenated alkanes) is 3. The molecule has 0 atom stereocenters. The van der Waals surface area contributed by atoms with Crippen LogP contribution in [0.1, 0.15) is 38.2 Å². The average molecular weight is 294 g/mol. The van der Waals surface area contributed by atoms with Crippen molar-refractivity contribution in [2.75, 3.05) is 0 Å². The van der Waals surface area contributed by atoms with Gasteiger partial charge in [0, 0.05) is 0 Å². The zero-order chi connectivity index (χ0) is 8.81. The van der Waals surface area contributed by atoms with E-state index in [2.05, 4.69) is 41.0 Å². The molecule has 2 heteroatoms. The molecule has 0 radical (unpaired) electrons. The van der Waals surface area contributed by atoms with Gasteiger partial charge in [0.05, 0.1) is 2.88 Å². The van der Waals surface area contributed by atoms with Crippen molar-refractivity contribution in [1.82, 2.24) is 0 Å². The molecular weight excluding hydrogens is 279 g/mol. The van der Waals surface area contributed by atoms with Gasteiger partial charge in [-0.1, -0.05) is 26.2 Å². The van der Waals surface area contributed by atoms with Gasteiger partial charge in [0.1, 0.15) is 0 Å². The van der Waals surface area contributed by atoms with Gasteiger partial charge < -0.3 is 0 Å². The van der Waals surface area contributed by atoms with E-state index in [1.165, 1.54) is 40.6 Å². The van der Waals surface area contributed by atoms with Gasteiger partial charge in [0.2, 0.25) is 0 Å². The summed E-state index contributed by atoms with van der Waals surface area (Å²) < 4.78 is 1.41. The molecule has 1 aromatic rings. The summed E-state index contributed by atoms with van der Waals surface area (Å²) in [4.78, 5) is 0. The molecule has 0 bridgehead atoms. The molecule has 0 aliphatic heterocycles. The van der Waals surface area contributed by atoms with Crippen molar-refractivity contribution in [2.45, 2.75) is 39.0 Å².